The van der Waals surface area contributed by atoms with Gasteiger partial charge < -0.3 is 9.47 Å². The fourth-order valence-corrected chi connectivity index (χ4v) is 2.68. The summed E-state index contributed by atoms with van der Waals surface area (Å²) in [5.41, 5.74) is 0.229. The van der Waals surface area contributed by atoms with Gasteiger partial charge in [-0.2, -0.15) is 0 Å². The topological polar surface area (TPSA) is 18.5 Å². The van der Waals surface area contributed by atoms with E-state index in [1.807, 2.05) is 0 Å². The summed E-state index contributed by atoms with van der Waals surface area (Å²) in [7, 11) is 3.55. The summed E-state index contributed by atoms with van der Waals surface area (Å²) >= 11 is 0. The highest BCUT2D eigenvalue weighted by molar-refractivity contribution is 4.77. The minimum atomic E-state index is -0.387. The molecule has 0 heterocycles. The van der Waals surface area contributed by atoms with E-state index in [0.29, 0.717) is 0 Å². The van der Waals surface area contributed by atoms with Crippen molar-refractivity contribution in [3.63, 3.8) is 0 Å². The number of ether oxygens (including phenoxy) is 2. The first-order valence-electron chi connectivity index (χ1n) is 7.99. The van der Waals surface area contributed by atoms with Crippen LogP contribution in [0.1, 0.15) is 85.5 Å². The maximum Gasteiger partial charge on any atom is 0.168 e. The molecule has 116 valence electrons. The van der Waals surface area contributed by atoms with Gasteiger partial charge in [0, 0.05) is 27.1 Å². The van der Waals surface area contributed by atoms with Crippen LogP contribution in [0.5, 0.6) is 0 Å². The normalized spacial score (nSPS) is 12.9. The Hall–Kier alpha value is -0.0800. The van der Waals surface area contributed by atoms with E-state index >= 15 is 0 Å². The molecule has 0 atom stereocenters. The molecular weight excluding hydrogens is 236 g/mol. The van der Waals surface area contributed by atoms with E-state index in [0.717, 1.165) is 12.8 Å². The summed E-state index contributed by atoms with van der Waals surface area (Å²) in [5.74, 6) is -0.387. The van der Waals surface area contributed by atoms with Gasteiger partial charge in [-0.15, -0.1) is 0 Å². The summed E-state index contributed by atoms with van der Waals surface area (Å²) in [6.45, 7) is 8.98. The highest BCUT2D eigenvalue weighted by Gasteiger charge is 2.33. The molecule has 0 aromatic rings. The zero-order valence-electron chi connectivity index (χ0n) is 14.2. The lowest BCUT2D eigenvalue weighted by atomic mass is 9.85. The summed E-state index contributed by atoms with van der Waals surface area (Å²) < 4.78 is 11.4. The van der Waals surface area contributed by atoms with Crippen LogP contribution >= 0.6 is 0 Å². The molecule has 0 saturated heterocycles. The van der Waals surface area contributed by atoms with Crippen LogP contribution in [0.4, 0.5) is 0 Å². The molecule has 0 N–H and O–H groups in total. The van der Waals surface area contributed by atoms with Gasteiger partial charge in [-0.1, -0.05) is 66.2 Å². The van der Waals surface area contributed by atoms with Crippen molar-refractivity contribution in [1.82, 2.24) is 0 Å². The first-order chi connectivity index (χ1) is 8.89. The Morgan fingerprint density at radius 3 is 1.63 bits per heavy atom. The molecular formula is C17H36O2. The van der Waals surface area contributed by atoms with Crippen molar-refractivity contribution in [3.05, 3.63) is 0 Å². The first-order valence-corrected chi connectivity index (χ1v) is 7.99. The lowest BCUT2D eigenvalue weighted by Gasteiger charge is -2.36. The molecule has 0 aliphatic rings. The third-order valence-electron chi connectivity index (χ3n) is 3.70. The lowest BCUT2D eigenvalue weighted by Crippen LogP contribution is -2.38. The number of unbranched alkanes of at least 4 members (excludes halogenated alkanes) is 6. The third kappa shape index (κ3) is 9.45. The molecule has 0 unspecified atom stereocenters. The molecule has 19 heavy (non-hydrogen) atoms. The SMILES string of the molecule is CCCCCCCCCC(CC(C)(C)C)(OC)OC. The molecule has 0 amide bonds. The van der Waals surface area contributed by atoms with Gasteiger partial charge in [-0.25, -0.2) is 0 Å². The summed E-state index contributed by atoms with van der Waals surface area (Å²) in [6.07, 6.45) is 11.3. The zero-order valence-corrected chi connectivity index (χ0v) is 14.2. The Balaban J connectivity index is 3.94. The predicted octanol–water partition coefficient (Wildman–Crippen LogP) is 5.55. The molecule has 0 aliphatic carbocycles. The van der Waals surface area contributed by atoms with Crippen LogP contribution in [0.2, 0.25) is 0 Å². The Morgan fingerprint density at radius 2 is 1.21 bits per heavy atom. The van der Waals surface area contributed by atoms with Crippen molar-refractivity contribution in [1.29, 1.82) is 0 Å². The number of rotatable bonds is 11. The maximum atomic E-state index is 5.69. The average molecular weight is 272 g/mol. The van der Waals surface area contributed by atoms with Gasteiger partial charge in [-0.3, -0.25) is 0 Å². The first kappa shape index (κ1) is 18.9. The van der Waals surface area contributed by atoms with Crippen LogP contribution in [0.3, 0.4) is 0 Å². The fourth-order valence-electron chi connectivity index (χ4n) is 2.68. The molecule has 0 aromatic carbocycles. The fraction of sp³-hybridized carbons (Fsp3) is 1.00. The Kier molecular flexibility index (Phi) is 9.72. The minimum Gasteiger partial charge on any atom is -0.353 e. The van der Waals surface area contributed by atoms with Gasteiger partial charge in [0.1, 0.15) is 0 Å². The van der Waals surface area contributed by atoms with Crippen molar-refractivity contribution in [2.45, 2.75) is 91.3 Å². The summed E-state index contributed by atoms with van der Waals surface area (Å²) in [5, 5.41) is 0. The van der Waals surface area contributed by atoms with Gasteiger partial charge in [0.2, 0.25) is 0 Å². The number of methoxy groups -OCH3 is 2. The average Bonchev–Trinajstić information content (AvgIpc) is 2.35. The minimum absolute atomic E-state index is 0.229. The zero-order chi connectivity index (χ0) is 14.8. The van der Waals surface area contributed by atoms with Crippen molar-refractivity contribution in [3.8, 4) is 0 Å². The maximum absolute atomic E-state index is 5.69. The molecule has 0 spiro atoms. The van der Waals surface area contributed by atoms with Crippen LogP contribution in [0.15, 0.2) is 0 Å². The lowest BCUT2D eigenvalue weighted by molar-refractivity contribution is -0.227. The Morgan fingerprint density at radius 1 is 0.737 bits per heavy atom. The molecule has 0 fully saturated rings. The van der Waals surface area contributed by atoms with E-state index in [2.05, 4.69) is 27.7 Å². The standard InChI is InChI=1S/C17H36O2/c1-7-8-9-10-11-12-13-14-17(18-5,19-6)15-16(2,3)4/h7-15H2,1-6H3. The van der Waals surface area contributed by atoms with Gasteiger partial charge >= 0.3 is 0 Å². The molecule has 0 aromatic heterocycles. The van der Waals surface area contributed by atoms with E-state index < -0.39 is 0 Å². The van der Waals surface area contributed by atoms with Crippen molar-refractivity contribution in [2.75, 3.05) is 14.2 Å². The van der Waals surface area contributed by atoms with Crippen molar-refractivity contribution >= 4 is 0 Å². The smallest absolute Gasteiger partial charge is 0.168 e. The van der Waals surface area contributed by atoms with Crippen molar-refractivity contribution in [2.24, 2.45) is 5.41 Å². The van der Waals surface area contributed by atoms with E-state index in [1.165, 1.54) is 44.9 Å². The largest absolute Gasteiger partial charge is 0.353 e. The second-order valence-corrected chi connectivity index (χ2v) is 6.93. The van der Waals surface area contributed by atoms with Crippen LogP contribution in [0, 0.1) is 5.41 Å². The van der Waals surface area contributed by atoms with E-state index in [4.69, 9.17) is 9.47 Å². The van der Waals surface area contributed by atoms with Crippen LogP contribution in [-0.2, 0) is 9.47 Å². The highest BCUT2D eigenvalue weighted by Crippen LogP contribution is 2.34. The Labute approximate surface area is 121 Å². The quantitative estimate of drug-likeness (QED) is 0.362. The molecule has 0 rings (SSSR count). The Bertz CT molecular complexity index is 202. The molecule has 0 saturated carbocycles. The number of hydrogen-bond acceptors (Lipinski definition) is 2. The molecule has 0 aliphatic heterocycles. The van der Waals surface area contributed by atoms with Crippen molar-refractivity contribution < 1.29 is 9.47 Å². The van der Waals surface area contributed by atoms with Crippen LogP contribution in [0.25, 0.3) is 0 Å². The molecule has 2 nitrogen and oxygen atoms in total. The highest BCUT2D eigenvalue weighted by atomic mass is 16.7. The van der Waals surface area contributed by atoms with E-state index in [9.17, 15) is 0 Å². The number of hydrogen-bond donors (Lipinski definition) is 0. The summed E-state index contributed by atoms with van der Waals surface area (Å²) in [4.78, 5) is 0. The second-order valence-electron chi connectivity index (χ2n) is 6.93. The summed E-state index contributed by atoms with van der Waals surface area (Å²) in [6, 6.07) is 0. The third-order valence-corrected chi connectivity index (χ3v) is 3.70. The molecule has 2 heteroatoms. The predicted molar refractivity (Wildman–Crippen MR) is 83.4 cm³/mol. The van der Waals surface area contributed by atoms with Crippen LogP contribution < -0.4 is 0 Å². The molecule has 0 bridgehead atoms. The monoisotopic (exact) mass is 272 g/mol. The molecule has 0 radical (unpaired) electrons. The second kappa shape index (κ2) is 9.77. The van der Waals surface area contributed by atoms with Gasteiger partial charge in [0.05, 0.1) is 0 Å². The van der Waals surface area contributed by atoms with Crippen LogP contribution in [-0.4, -0.2) is 20.0 Å². The van der Waals surface area contributed by atoms with E-state index in [1.54, 1.807) is 14.2 Å². The van der Waals surface area contributed by atoms with Gasteiger partial charge in [0.25, 0.3) is 0 Å². The van der Waals surface area contributed by atoms with Gasteiger partial charge in [0.15, 0.2) is 5.79 Å². The van der Waals surface area contributed by atoms with E-state index in [-0.39, 0.29) is 11.2 Å². The van der Waals surface area contributed by atoms with Gasteiger partial charge in [-0.05, 0) is 11.8 Å².